The van der Waals surface area contributed by atoms with Gasteiger partial charge in [-0.1, -0.05) is 59.2 Å². The van der Waals surface area contributed by atoms with Gasteiger partial charge < -0.3 is 0 Å². The molecule has 0 spiro atoms. The lowest BCUT2D eigenvalue weighted by Crippen LogP contribution is -1.95. The number of halogens is 1. The predicted molar refractivity (Wildman–Crippen MR) is 115 cm³/mol. The molecule has 24 heavy (non-hydrogen) atoms. The Hall–Kier alpha value is -0.970. The lowest BCUT2D eigenvalue weighted by atomic mass is 10.2. The summed E-state index contributed by atoms with van der Waals surface area (Å²) < 4.78 is 1.10. The molecule has 0 fully saturated rings. The average molecular weight is 420 g/mol. The van der Waals surface area contributed by atoms with E-state index in [-0.39, 0.29) is 0 Å². The number of rotatable bonds is 6. The van der Waals surface area contributed by atoms with Gasteiger partial charge in [0, 0.05) is 15.1 Å². The summed E-state index contributed by atoms with van der Waals surface area (Å²) in [6, 6.07) is 16.7. The zero-order valence-corrected chi connectivity index (χ0v) is 17.4. The minimum Gasteiger partial charge on any atom is -0.242 e. The first kappa shape index (κ1) is 19.4. The lowest BCUT2D eigenvalue weighted by molar-refractivity contribution is 0.752. The molecular weight excluding hydrogens is 398 g/mol. The van der Waals surface area contributed by atoms with Gasteiger partial charge in [-0.15, -0.1) is 11.8 Å². The van der Waals surface area contributed by atoms with Gasteiger partial charge in [0.05, 0.1) is 10.7 Å². The monoisotopic (exact) mass is 419 g/mol. The van der Waals surface area contributed by atoms with E-state index < -0.39 is 0 Å². The van der Waals surface area contributed by atoms with Gasteiger partial charge in [0.1, 0.15) is 0 Å². The van der Waals surface area contributed by atoms with Gasteiger partial charge in [0.25, 0.3) is 0 Å². The van der Waals surface area contributed by atoms with Crippen LogP contribution in [0.25, 0.3) is 0 Å². The smallest absolute Gasteiger partial charge is 0.0972 e. The van der Waals surface area contributed by atoms with E-state index in [2.05, 4.69) is 96.7 Å². The topological polar surface area (TPSA) is 12.4 Å². The molecule has 1 nitrogen and oxygen atoms in total. The van der Waals surface area contributed by atoms with E-state index in [1.807, 2.05) is 11.8 Å². The molecule has 0 unspecified atom stereocenters. The second-order valence-electron chi connectivity index (χ2n) is 5.86. The van der Waals surface area contributed by atoms with Gasteiger partial charge in [0.15, 0.2) is 0 Å². The Morgan fingerprint density at radius 2 is 1.75 bits per heavy atom. The molecule has 4 heteroatoms. The summed E-state index contributed by atoms with van der Waals surface area (Å²) >= 11 is 6.98. The van der Waals surface area contributed by atoms with Gasteiger partial charge in [0.2, 0.25) is 0 Å². The van der Waals surface area contributed by atoms with Gasteiger partial charge in [-0.05, 0) is 60.7 Å². The molecule has 0 heterocycles. The highest BCUT2D eigenvalue weighted by molar-refractivity contribution is 9.10. The van der Waals surface area contributed by atoms with Crippen molar-refractivity contribution in [3.63, 3.8) is 0 Å². The van der Waals surface area contributed by atoms with Crippen molar-refractivity contribution >= 4 is 50.2 Å². The molecule has 0 aliphatic heterocycles. The van der Waals surface area contributed by atoms with Crippen LogP contribution in [0.15, 0.2) is 74.4 Å². The number of benzene rings is 2. The molecule has 0 radical (unpaired) electrons. The average Bonchev–Trinajstić information content (AvgIpc) is 2.56. The highest BCUT2D eigenvalue weighted by Crippen LogP contribution is 2.23. The van der Waals surface area contributed by atoms with Crippen LogP contribution in [0.5, 0.6) is 0 Å². The van der Waals surface area contributed by atoms with Crippen LogP contribution in [0.4, 0.5) is 5.69 Å². The molecule has 0 atom stereocenters. The van der Waals surface area contributed by atoms with Gasteiger partial charge in [-0.25, -0.2) is 4.99 Å². The molecule has 0 saturated carbocycles. The first-order valence-corrected chi connectivity index (χ1v) is 10.6. The predicted octanol–water partition coefficient (Wildman–Crippen LogP) is 7.48. The van der Waals surface area contributed by atoms with Crippen molar-refractivity contribution in [3.05, 3.63) is 70.1 Å². The molecule has 0 bridgehead atoms. The number of aliphatic imine (C=N–C) groups is 1. The van der Waals surface area contributed by atoms with Crippen LogP contribution in [-0.4, -0.2) is 10.8 Å². The van der Waals surface area contributed by atoms with Crippen molar-refractivity contribution in [3.8, 4) is 0 Å². The van der Waals surface area contributed by atoms with Crippen LogP contribution < -0.4 is 0 Å². The Kier molecular flexibility index (Phi) is 8.16. The van der Waals surface area contributed by atoms with E-state index >= 15 is 0 Å². The van der Waals surface area contributed by atoms with Gasteiger partial charge >= 0.3 is 0 Å². The van der Waals surface area contributed by atoms with Crippen molar-refractivity contribution in [1.82, 2.24) is 0 Å². The second-order valence-corrected chi connectivity index (χ2v) is 8.80. The molecule has 0 aliphatic rings. The largest absolute Gasteiger partial charge is 0.242 e. The third-order valence-corrected chi connectivity index (χ3v) is 5.77. The van der Waals surface area contributed by atoms with E-state index in [1.165, 1.54) is 10.5 Å². The summed E-state index contributed by atoms with van der Waals surface area (Å²) in [5, 5.41) is 3.17. The highest BCUT2D eigenvalue weighted by atomic mass is 79.9. The Bertz CT molecular complexity index is 689. The fourth-order valence-corrected chi connectivity index (χ4v) is 3.64. The normalized spacial score (nSPS) is 12.3. The highest BCUT2D eigenvalue weighted by Gasteiger charge is 2.01. The van der Waals surface area contributed by atoms with Gasteiger partial charge in [-0.3, -0.25) is 0 Å². The quantitative estimate of drug-likeness (QED) is 0.273. The number of hydrogen-bond acceptors (Lipinski definition) is 3. The summed E-state index contributed by atoms with van der Waals surface area (Å²) in [6.45, 7) is 6.56. The molecule has 0 N–H and O–H groups in total. The van der Waals surface area contributed by atoms with Crippen molar-refractivity contribution in [2.24, 2.45) is 10.9 Å². The molecule has 2 aromatic carbocycles. The summed E-state index contributed by atoms with van der Waals surface area (Å²) in [5.74, 6) is 1.71. The zero-order chi connectivity index (χ0) is 17.4. The summed E-state index contributed by atoms with van der Waals surface area (Å²) in [7, 11) is 0. The number of aryl methyl sites for hydroxylation is 1. The van der Waals surface area contributed by atoms with Crippen molar-refractivity contribution in [1.29, 1.82) is 0 Å². The maximum Gasteiger partial charge on any atom is 0.0972 e. The summed E-state index contributed by atoms with van der Waals surface area (Å²) in [5.41, 5.74) is 2.26. The minimum absolute atomic E-state index is 0.644. The molecule has 0 aliphatic carbocycles. The maximum atomic E-state index is 4.79. The van der Waals surface area contributed by atoms with E-state index in [0.717, 1.165) is 21.0 Å². The minimum atomic E-state index is 0.644. The van der Waals surface area contributed by atoms with Crippen LogP contribution in [0.2, 0.25) is 0 Å². The van der Waals surface area contributed by atoms with Crippen LogP contribution in [-0.2, 0) is 0 Å². The second kappa shape index (κ2) is 10.1. The summed E-state index contributed by atoms with van der Waals surface area (Å²) in [6.07, 6.45) is 2.11. The Labute approximate surface area is 162 Å². The number of thioether (sulfide) groups is 2. The maximum absolute atomic E-state index is 4.79. The molecule has 2 aromatic rings. The number of hydrogen-bond donors (Lipinski definition) is 0. The molecule has 0 saturated heterocycles. The van der Waals surface area contributed by atoms with E-state index in [9.17, 15) is 0 Å². The van der Waals surface area contributed by atoms with Crippen molar-refractivity contribution < 1.29 is 0 Å². The third kappa shape index (κ3) is 7.29. The number of nitrogens with zero attached hydrogens (tertiary/aromatic N) is 1. The van der Waals surface area contributed by atoms with Crippen LogP contribution in [0.3, 0.4) is 0 Å². The van der Waals surface area contributed by atoms with E-state index in [0.29, 0.717) is 5.92 Å². The molecule has 2 rings (SSSR count). The van der Waals surface area contributed by atoms with Gasteiger partial charge in [-0.2, -0.15) is 0 Å². The standard InChI is InChI=1S/C20H22BrNS2/c1-15(2)14-24-20(22-18-8-4-16(3)5-9-18)12-13-23-19-10-6-17(21)7-11-19/h4-13,15H,14H2,1-3H3. The molecule has 0 amide bonds. The van der Waals surface area contributed by atoms with E-state index in [1.54, 1.807) is 11.8 Å². The Balaban J connectivity index is 2.08. The molecular formula is C20H22BrNS2. The van der Waals surface area contributed by atoms with Crippen LogP contribution in [0.1, 0.15) is 19.4 Å². The summed E-state index contributed by atoms with van der Waals surface area (Å²) in [4.78, 5) is 6.01. The Morgan fingerprint density at radius 1 is 1.08 bits per heavy atom. The molecule has 0 aromatic heterocycles. The SMILES string of the molecule is Cc1ccc(N=C(C=CSc2ccc(Br)cc2)SCC(C)C)cc1. The third-order valence-electron chi connectivity index (χ3n) is 3.07. The Morgan fingerprint density at radius 3 is 2.38 bits per heavy atom. The zero-order valence-electron chi connectivity index (χ0n) is 14.2. The molecule has 126 valence electrons. The fourth-order valence-electron chi connectivity index (χ4n) is 1.80. The lowest BCUT2D eigenvalue weighted by Gasteiger charge is -2.05. The van der Waals surface area contributed by atoms with E-state index in [4.69, 9.17) is 4.99 Å². The van der Waals surface area contributed by atoms with Crippen molar-refractivity contribution in [2.75, 3.05) is 5.75 Å². The van der Waals surface area contributed by atoms with Crippen LogP contribution in [0, 0.1) is 12.8 Å². The fraction of sp³-hybridized carbons (Fsp3) is 0.250. The first-order valence-electron chi connectivity index (χ1n) is 7.90. The van der Waals surface area contributed by atoms with Crippen LogP contribution >= 0.6 is 39.5 Å². The van der Waals surface area contributed by atoms with Crippen molar-refractivity contribution in [2.45, 2.75) is 25.7 Å². The first-order chi connectivity index (χ1) is 11.5.